The molecule has 2 rings (SSSR count). The molecule has 0 radical (unpaired) electrons. The lowest BCUT2D eigenvalue weighted by Gasteiger charge is -2.07. The summed E-state index contributed by atoms with van der Waals surface area (Å²) in [5.74, 6) is -0.440. The van der Waals surface area contributed by atoms with Crippen molar-refractivity contribution in [3.05, 3.63) is 34.6 Å². The van der Waals surface area contributed by atoms with Crippen LogP contribution in [0, 0.1) is 5.82 Å². The average Bonchev–Trinajstić information content (AvgIpc) is 2.75. The zero-order valence-corrected chi connectivity index (χ0v) is 7.11. The highest BCUT2D eigenvalue weighted by atomic mass is 35.5. The van der Waals surface area contributed by atoms with Crippen LogP contribution in [0.2, 0.25) is 5.02 Å². The van der Waals surface area contributed by atoms with Gasteiger partial charge < -0.3 is 5.11 Å². The fourth-order valence-corrected chi connectivity index (χ4v) is 1.37. The van der Waals surface area contributed by atoms with Gasteiger partial charge in [0.15, 0.2) is 0 Å². The van der Waals surface area contributed by atoms with Crippen LogP contribution in [0.1, 0.15) is 18.4 Å². The predicted octanol–water partition coefficient (Wildman–Crippen LogP) is 2.46. The van der Waals surface area contributed by atoms with Gasteiger partial charge in [0.1, 0.15) is 5.82 Å². The molecule has 1 fully saturated rings. The number of hydrogen-bond acceptors (Lipinski definition) is 1. The molecule has 1 aromatic carbocycles. The fraction of sp³-hybridized carbons (Fsp3) is 0.333. The van der Waals surface area contributed by atoms with Gasteiger partial charge in [-0.1, -0.05) is 17.7 Å². The molecule has 0 amide bonds. The zero-order valence-electron chi connectivity index (χ0n) is 6.35. The van der Waals surface area contributed by atoms with E-state index >= 15 is 0 Å². The number of hydrogen-bond donors (Lipinski definition) is 1. The molecule has 0 unspecified atom stereocenters. The molecule has 1 aliphatic carbocycles. The molecule has 64 valence electrons. The molecule has 12 heavy (non-hydrogen) atoms. The highest BCUT2D eigenvalue weighted by molar-refractivity contribution is 6.30. The second kappa shape index (κ2) is 2.44. The van der Waals surface area contributed by atoms with Crippen LogP contribution in [-0.4, -0.2) is 5.11 Å². The lowest BCUT2D eigenvalue weighted by Crippen LogP contribution is -2.03. The van der Waals surface area contributed by atoms with E-state index in [1.165, 1.54) is 12.1 Å². The Hall–Kier alpha value is -0.600. The molecule has 1 nitrogen and oxygen atoms in total. The molecule has 1 N–H and O–H groups in total. The van der Waals surface area contributed by atoms with Gasteiger partial charge in [0.05, 0.1) is 10.6 Å². The lowest BCUT2D eigenvalue weighted by molar-refractivity contribution is 0.151. The lowest BCUT2D eigenvalue weighted by atomic mass is 10.1. The van der Waals surface area contributed by atoms with E-state index in [4.69, 9.17) is 11.6 Å². The first-order valence-electron chi connectivity index (χ1n) is 3.80. The van der Waals surface area contributed by atoms with E-state index in [-0.39, 0.29) is 5.02 Å². The average molecular weight is 187 g/mol. The smallest absolute Gasteiger partial charge is 0.141 e. The van der Waals surface area contributed by atoms with Crippen LogP contribution >= 0.6 is 11.6 Å². The van der Waals surface area contributed by atoms with Crippen LogP contribution in [0.25, 0.3) is 0 Å². The zero-order chi connectivity index (χ0) is 8.77. The molecule has 1 saturated carbocycles. The predicted molar refractivity (Wildman–Crippen MR) is 44.5 cm³/mol. The van der Waals surface area contributed by atoms with E-state index in [2.05, 4.69) is 0 Å². The van der Waals surface area contributed by atoms with E-state index < -0.39 is 11.4 Å². The van der Waals surface area contributed by atoms with Gasteiger partial charge >= 0.3 is 0 Å². The van der Waals surface area contributed by atoms with Gasteiger partial charge in [-0.3, -0.25) is 0 Å². The number of rotatable bonds is 1. The van der Waals surface area contributed by atoms with Crippen molar-refractivity contribution in [2.75, 3.05) is 0 Å². The maximum atomic E-state index is 12.7. The fourth-order valence-electron chi connectivity index (χ4n) is 1.19. The normalized spacial score (nSPS) is 19.2. The van der Waals surface area contributed by atoms with Gasteiger partial charge in [0.2, 0.25) is 0 Å². The summed E-state index contributed by atoms with van der Waals surface area (Å²) >= 11 is 5.56. The Morgan fingerprint density at radius 1 is 1.42 bits per heavy atom. The molecule has 1 aliphatic rings. The largest absolute Gasteiger partial charge is 0.385 e. The molecular formula is C9H8ClFO. The van der Waals surface area contributed by atoms with Crippen molar-refractivity contribution in [3.63, 3.8) is 0 Å². The van der Waals surface area contributed by atoms with Gasteiger partial charge in [0.25, 0.3) is 0 Å². The standard InChI is InChI=1S/C9H8ClFO/c10-7-5-6(1-2-8(7)11)9(12)3-4-9/h1-2,5,12H,3-4H2. The molecule has 0 saturated heterocycles. The van der Waals surface area contributed by atoms with Crippen molar-refractivity contribution in [2.24, 2.45) is 0 Å². The summed E-state index contributed by atoms with van der Waals surface area (Å²) in [6.07, 6.45) is 1.49. The van der Waals surface area contributed by atoms with Gasteiger partial charge in [-0.15, -0.1) is 0 Å². The summed E-state index contributed by atoms with van der Waals surface area (Å²) in [5.41, 5.74) is -0.00829. The van der Waals surface area contributed by atoms with Crippen molar-refractivity contribution >= 4 is 11.6 Å². The second-order valence-corrected chi connectivity index (χ2v) is 3.57. The first kappa shape index (κ1) is 8.02. The van der Waals surface area contributed by atoms with Crippen molar-refractivity contribution < 1.29 is 9.50 Å². The Labute approximate surface area is 74.8 Å². The molecule has 0 spiro atoms. The van der Waals surface area contributed by atoms with Crippen LogP contribution in [0.4, 0.5) is 4.39 Å². The number of halogens is 2. The molecule has 0 bridgehead atoms. The van der Waals surface area contributed by atoms with Crippen LogP contribution in [0.15, 0.2) is 18.2 Å². The Morgan fingerprint density at radius 2 is 2.08 bits per heavy atom. The monoisotopic (exact) mass is 186 g/mol. The maximum Gasteiger partial charge on any atom is 0.141 e. The van der Waals surface area contributed by atoms with Crippen LogP contribution in [-0.2, 0) is 5.60 Å². The van der Waals surface area contributed by atoms with Crippen LogP contribution in [0.5, 0.6) is 0 Å². The SMILES string of the molecule is OC1(c2ccc(F)c(Cl)c2)CC1. The summed E-state index contributed by atoms with van der Waals surface area (Å²) in [5, 5.41) is 9.71. The third-order valence-electron chi connectivity index (χ3n) is 2.18. The summed E-state index contributed by atoms with van der Waals surface area (Å²) in [7, 11) is 0. The topological polar surface area (TPSA) is 20.2 Å². The first-order chi connectivity index (χ1) is 5.62. The Morgan fingerprint density at radius 3 is 2.58 bits per heavy atom. The van der Waals surface area contributed by atoms with Crippen LogP contribution in [0.3, 0.4) is 0 Å². The van der Waals surface area contributed by atoms with Crippen molar-refractivity contribution in [1.82, 2.24) is 0 Å². The van der Waals surface area contributed by atoms with E-state index in [0.717, 1.165) is 12.8 Å². The Balaban J connectivity index is 2.41. The molecule has 0 atom stereocenters. The second-order valence-electron chi connectivity index (χ2n) is 3.16. The van der Waals surface area contributed by atoms with Crippen molar-refractivity contribution in [3.8, 4) is 0 Å². The molecule has 0 heterocycles. The first-order valence-corrected chi connectivity index (χ1v) is 4.17. The van der Waals surface area contributed by atoms with Gasteiger partial charge in [-0.05, 0) is 30.5 Å². The quantitative estimate of drug-likeness (QED) is 0.715. The van der Waals surface area contributed by atoms with Crippen LogP contribution < -0.4 is 0 Å². The Bertz CT molecular complexity index is 320. The molecule has 0 aliphatic heterocycles. The molecular weight excluding hydrogens is 179 g/mol. The third kappa shape index (κ3) is 1.21. The number of aliphatic hydroxyl groups is 1. The summed E-state index contributed by atoms with van der Waals surface area (Å²) in [4.78, 5) is 0. The molecule has 3 heteroatoms. The van der Waals surface area contributed by atoms with E-state index in [0.29, 0.717) is 5.56 Å². The minimum atomic E-state index is -0.725. The van der Waals surface area contributed by atoms with E-state index in [1.54, 1.807) is 6.07 Å². The van der Waals surface area contributed by atoms with E-state index in [1.807, 2.05) is 0 Å². The minimum absolute atomic E-state index is 0.0767. The highest BCUT2D eigenvalue weighted by Gasteiger charge is 2.42. The highest BCUT2D eigenvalue weighted by Crippen LogP contribution is 2.45. The molecule has 1 aromatic rings. The molecule has 0 aromatic heterocycles. The summed E-state index contributed by atoms with van der Waals surface area (Å²) < 4.78 is 12.7. The van der Waals surface area contributed by atoms with E-state index in [9.17, 15) is 9.50 Å². The maximum absolute atomic E-state index is 12.7. The van der Waals surface area contributed by atoms with Gasteiger partial charge in [-0.25, -0.2) is 4.39 Å². The van der Waals surface area contributed by atoms with Gasteiger partial charge in [0, 0.05) is 0 Å². The van der Waals surface area contributed by atoms with Gasteiger partial charge in [-0.2, -0.15) is 0 Å². The summed E-state index contributed by atoms with van der Waals surface area (Å²) in [6, 6.07) is 4.35. The van der Waals surface area contributed by atoms with Crippen molar-refractivity contribution in [1.29, 1.82) is 0 Å². The van der Waals surface area contributed by atoms with Crippen molar-refractivity contribution in [2.45, 2.75) is 18.4 Å². The summed E-state index contributed by atoms with van der Waals surface area (Å²) in [6.45, 7) is 0. The minimum Gasteiger partial charge on any atom is -0.385 e. The Kier molecular flexibility index (Phi) is 1.63. The number of benzene rings is 1. The third-order valence-corrected chi connectivity index (χ3v) is 2.47.